The highest BCUT2D eigenvalue weighted by Gasteiger charge is 2.37. The van der Waals surface area contributed by atoms with Crippen LogP contribution in [0.5, 0.6) is 0 Å². The minimum absolute atomic E-state index is 0.0504. The van der Waals surface area contributed by atoms with Crippen LogP contribution in [0.1, 0.15) is 29.6 Å². The van der Waals surface area contributed by atoms with Crippen LogP contribution in [0.3, 0.4) is 0 Å². The molecule has 0 bridgehead atoms. The van der Waals surface area contributed by atoms with Crippen molar-refractivity contribution >= 4 is 11.6 Å². The lowest BCUT2D eigenvalue weighted by atomic mass is 10.1. The van der Waals surface area contributed by atoms with Gasteiger partial charge in [0.2, 0.25) is 0 Å². The molecule has 5 nitrogen and oxygen atoms in total. The average Bonchev–Trinajstić information content (AvgIpc) is 2.97. The van der Waals surface area contributed by atoms with E-state index >= 15 is 0 Å². The van der Waals surface area contributed by atoms with E-state index in [1.54, 1.807) is 13.0 Å². The molecule has 25 heavy (non-hydrogen) atoms. The fourth-order valence-corrected chi connectivity index (χ4v) is 2.66. The average molecular weight is 349 g/mol. The molecule has 3 rings (SSSR count). The third-order valence-corrected chi connectivity index (χ3v) is 4.00. The zero-order valence-corrected chi connectivity index (χ0v) is 14.2. The van der Waals surface area contributed by atoms with Crippen LogP contribution >= 0.6 is 0 Å². The van der Waals surface area contributed by atoms with Crippen LogP contribution in [0, 0.1) is 13.8 Å². The Labute approximate surface area is 143 Å². The van der Waals surface area contributed by atoms with E-state index in [-0.39, 0.29) is 5.78 Å². The Kier molecular flexibility index (Phi) is 4.36. The molecule has 8 heteroatoms. The van der Waals surface area contributed by atoms with Crippen molar-refractivity contribution in [1.29, 1.82) is 0 Å². The second-order valence-corrected chi connectivity index (χ2v) is 5.84. The molecular weight excluding hydrogens is 331 g/mol. The number of aromatic nitrogens is 4. The molecule has 0 spiro atoms. The number of fused-ring (bicyclic) bond motifs is 1. The number of anilines is 1. The van der Waals surface area contributed by atoms with E-state index in [0.717, 1.165) is 15.6 Å². The first-order chi connectivity index (χ1) is 11.8. The summed E-state index contributed by atoms with van der Waals surface area (Å²) < 4.78 is 40.0. The van der Waals surface area contributed by atoms with E-state index in [0.29, 0.717) is 24.6 Å². The molecular formula is C17H18F3N5. The summed E-state index contributed by atoms with van der Waals surface area (Å²) in [5.41, 5.74) is 2.81. The smallest absolute Gasteiger partial charge is 0.352 e. The number of alkyl halides is 3. The van der Waals surface area contributed by atoms with E-state index in [2.05, 4.69) is 15.1 Å². The van der Waals surface area contributed by atoms with E-state index in [1.165, 1.54) is 0 Å². The Morgan fingerprint density at radius 1 is 1.12 bits per heavy atom. The standard InChI is InChI=1S/C17H18F3N5/c1-4-24(10-13-8-6-5-7-11(13)2)14-9-12(3)21-16-22-15(17(18,19)20)23-25(14)16/h5-9H,4,10H2,1-3H3. The fraction of sp³-hybridized carbons (Fsp3) is 0.353. The summed E-state index contributed by atoms with van der Waals surface area (Å²) in [5, 5.41) is 3.63. The second-order valence-electron chi connectivity index (χ2n) is 5.84. The summed E-state index contributed by atoms with van der Waals surface area (Å²) in [5.74, 6) is -0.694. The summed E-state index contributed by atoms with van der Waals surface area (Å²) in [6.07, 6.45) is -4.61. The van der Waals surface area contributed by atoms with Crippen molar-refractivity contribution in [3.8, 4) is 0 Å². The summed E-state index contributed by atoms with van der Waals surface area (Å²) in [6.45, 7) is 6.85. The Morgan fingerprint density at radius 3 is 2.48 bits per heavy atom. The van der Waals surface area contributed by atoms with Crippen molar-refractivity contribution in [3.63, 3.8) is 0 Å². The van der Waals surface area contributed by atoms with Crippen molar-refractivity contribution in [2.45, 2.75) is 33.5 Å². The van der Waals surface area contributed by atoms with E-state index in [9.17, 15) is 13.2 Å². The van der Waals surface area contributed by atoms with Gasteiger partial charge < -0.3 is 4.90 Å². The highest BCUT2D eigenvalue weighted by Crippen LogP contribution is 2.28. The summed E-state index contributed by atoms with van der Waals surface area (Å²) in [7, 11) is 0. The maximum absolute atomic E-state index is 13.0. The number of rotatable bonds is 4. The second kappa shape index (κ2) is 6.34. The maximum Gasteiger partial charge on any atom is 0.453 e. The zero-order chi connectivity index (χ0) is 18.2. The normalized spacial score (nSPS) is 11.9. The molecule has 0 aliphatic carbocycles. The van der Waals surface area contributed by atoms with Gasteiger partial charge in [-0.25, -0.2) is 4.98 Å². The fourth-order valence-electron chi connectivity index (χ4n) is 2.66. The summed E-state index contributed by atoms with van der Waals surface area (Å²) in [6, 6.07) is 9.64. The quantitative estimate of drug-likeness (QED) is 0.719. The van der Waals surface area contributed by atoms with Crippen LogP contribution in [0.2, 0.25) is 0 Å². The molecule has 132 valence electrons. The predicted molar refractivity (Wildman–Crippen MR) is 88.4 cm³/mol. The number of aryl methyl sites for hydroxylation is 2. The zero-order valence-electron chi connectivity index (χ0n) is 14.2. The Hall–Kier alpha value is -2.64. The molecule has 0 amide bonds. The molecule has 0 radical (unpaired) electrons. The SMILES string of the molecule is CCN(Cc1ccccc1C)c1cc(C)nc2nc(C(F)(F)F)nn12. The largest absolute Gasteiger partial charge is 0.453 e. The number of benzene rings is 1. The van der Waals surface area contributed by atoms with Crippen LogP contribution < -0.4 is 4.90 Å². The number of hydrogen-bond acceptors (Lipinski definition) is 4. The number of halogens is 3. The molecule has 0 atom stereocenters. The molecule has 0 saturated carbocycles. The molecule has 2 heterocycles. The highest BCUT2D eigenvalue weighted by molar-refractivity contribution is 5.48. The molecule has 0 fully saturated rings. The first-order valence-corrected chi connectivity index (χ1v) is 7.90. The van der Waals surface area contributed by atoms with Crippen LogP contribution in [0.15, 0.2) is 30.3 Å². The summed E-state index contributed by atoms with van der Waals surface area (Å²) >= 11 is 0. The van der Waals surface area contributed by atoms with Gasteiger partial charge in [-0.1, -0.05) is 24.3 Å². The van der Waals surface area contributed by atoms with Crippen LogP contribution in [0.4, 0.5) is 19.0 Å². The van der Waals surface area contributed by atoms with Gasteiger partial charge in [0.05, 0.1) is 0 Å². The van der Waals surface area contributed by atoms with Gasteiger partial charge in [0.1, 0.15) is 5.82 Å². The van der Waals surface area contributed by atoms with Gasteiger partial charge in [0.15, 0.2) is 0 Å². The van der Waals surface area contributed by atoms with Crippen molar-refractivity contribution in [2.24, 2.45) is 0 Å². The first-order valence-electron chi connectivity index (χ1n) is 7.90. The third kappa shape index (κ3) is 3.42. The van der Waals surface area contributed by atoms with Gasteiger partial charge in [-0.15, -0.1) is 5.10 Å². The highest BCUT2D eigenvalue weighted by atomic mass is 19.4. The molecule has 0 saturated heterocycles. The molecule has 0 aliphatic heterocycles. The van der Waals surface area contributed by atoms with E-state index < -0.39 is 12.0 Å². The minimum Gasteiger partial charge on any atom is -0.352 e. The minimum atomic E-state index is -4.61. The molecule has 2 aromatic heterocycles. The Bertz CT molecular complexity index is 901. The van der Waals surface area contributed by atoms with Crippen LogP contribution in [0.25, 0.3) is 5.78 Å². The predicted octanol–water partition coefficient (Wildman–Crippen LogP) is 3.79. The van der Waals surface area contributed by atoms with Crippen molar-refractivity contribution < 1.29 is 13.2 Å². The van der Waals surface area contributed by atoms with E-state index in [1.807, 2.05) is 43.0 Å². The lowest BCUT2D eigenvalue weighted by molar-refractivity contribution is -0.144. The maximum atomic E-state index is 13.0. The third-order valence-electron chi connectivity index (χ3n) is 4.00. The van der Waals surface area contributed by atoms with Gasteiger partial charge in [-0.05, 0) is 31.9 Å². The Balaban J connectivity index is 2.09. The lowest BCUT2D eigenvalue weighted by Gasteiger charge is -2.24. The Morgan fingerprint density at radius 2 is 1.84 bits per heavy atom. The molecule has 1 aromatic carbocycles. The molecule has 0 unspecified atom stereocenters. The topological polar surface area (TPSA) is 46.3 Å². The van der Waals surface area contributed by atoms with E-state index in [4.69, 9.17) is 0 Å². The first kappa shape index (κ1) is 17.2. The van der Waals surface area contributed by atoms with Gasteiger partial charge in [0, 0.05) is 24.8 Å². The lowest BCUT2D eigenvalue weighted by Crippen LogP contribution is -2.25. The molecule has 0 N–H and O–H groups in total. The summed E-state index contributed by atoms with van der Waals surface area (Å²) in [4.78, 5) is 9.57. The van der Waals surface area contributed by atoms with Crippen molar-refractivity contribution in [2.75, 3.05) is 11.4 Å². The van der Waals surface area contributed by atoms with Gasteiger partial charge in [-0.2, -0.15) is 22.7 Å². The van der Waals surface area contributed by atoms with Gasteiger partial charge >= 0.3 is 6.18 Å². The molecule has 3 aromatic rings. The van der Waals surface area contributed by atoms with Crippen molar-refractivity contribution in [3.05, 3.63) is 53.0 Å². The van der Waals surface area contributed by atoms with Crippen LogP contribution in [-0.2, 0) is 12.7 Å². The molecule has 0 aliphatic rings. The monoisotopic (exact) mass is 349 g/mol. The number of nitrogens with zero attached hydrogens (tertiary/aromatic N) is 5. The van der Waals surface area contributed by atoms with Gasteiger partial charge in [-0.3, -0.25) is 0 Å². The van der Waals surface area contributed by atoms with Crippen LogP contribution in [-0.4, -0.2) is 26.1 Å². The van der Waals surface area contributed by atoms with Gasteiger partial charge in [0.25, 0.3) is 11.6 Å². The number of hydrogen-bond donors (Lipinski definition) is 0. The van der Waals surface area contributed by atoms with Crippen molar-refractivity contribution in [1.82, 2.24) is 19.6 Å².